The van der Waals surface area contributed by atoms with Crippen molar-refractivity contribution in [2.45, 2.75) is 12.5 Å². The molecule has 0 spiro atoms. The van der Waals surface area contributed by atoms with Crippen LogP contribution in [0.1, 0.15) is 18.0 Å². The highest BCUT2D eigenvalue weighted by Gasteiger charge is 2.41. The molecule has 3 aromatic rings. The van der Waals surface area contributed by atoms with Crippen molar-refractivity contribution in [1.29, 1.82) is 0 Å². The zero-order chi connectivity index (χ0) is 22.7. The molecule has 0 radical (unpaired) electrons. The zero-order valence-corrected chi connectivity index (χ0v) is 18.0. The van der Waals surface area contributed by atoms with E-state index in [-0.39, 0.29) is 12.3 Å². The van der Waals surface area contributed by atoms with Gasteiger partial charge in [-0.3, -0.25) is 14.5 Å². The highest BCUT2D eigenvalue weighted by molar-refractivity contribution is 6.12. The minimum absolute atomic E-state index is 0.246. The van der Waals surface area contributed by atoms with E-state index < -0.39 is 12.0 Å². The maximum atomic E-state index is 13.7. The maximum absolute atomic E-state index is 13.7. The Hall–Kier alpha value is -4.06. The number of nitrogens with zero attached hydrogens (tertiary/aromatic N) is 2. The molecule has 6 heteroatoms. The Morgan fingerprint density at radius 1 is 0.938 bits per heavy atom. The molecule has 2 N–H and O–H groups in total. The van der Waals surface area contributed by atoms with Crippen LogP contribution in [-0.4, -0.2) is 31.1 Å². The van der Waals surface area contributed by atoms with E-state index in [0.717, 1.165) is 16.9 Å². The summed E-state index contributed by atoms with van der Waals surface area (Å²) in [4.78, 5) is 29.2. The number of nitrogens with one attached hydrogen (secondary N) is 1. The molecule has 1 aliphatic heterocycles. The van der Waals surface area contributed by atoms with Crippen molar-refractivity contribution in [2.24, 2.45) is 0 Å². The molecule has 6 nitrogen and oxygen atoms in total. The molecule has 1 aliphatic rings. The van der Waals surface area contributed by atoms with Gasteiger partial charge < -0.3 is 15.3 Å². The number of carbonyl (C=O) groups excluding carboxylic acids is 1. The fourth-order valence-electron chi connectivity index (χ4n) is 3.98. The normalized spacial score (nSPS) is 15.8. The molecule has 0 bridgehead atoms. The Morgan fingerprint density at radius 2 is 1.53 bits per heavy atom. The fraction of sp³-hybridized carbons (Fsp3) is 0.154. The number of carboxylic acid groups (broad SMARTS) is 1. The lowest BCUT2D eigenvalue weighted by Crippen LogP contribution is -2.31. The van der Waals surface area contributed by atoms with Gasteiger partial charge in [-0.15, -0.1) is 0 Å². The minimum Gasteiger partial charge on any atom is -0.481 e. The summed E-state index contributed by atoms with van der Waals surface area (Å²) in [5, 5.41) is 12.9. The van der Waals surface area contributed by atoms with Gasteiger partial charge in [0, 0.05) is 31.2 Å². The van der Waals surface area contributed by atoms with Crippen LogP contribution in [0.2, 0.25) is 0 Å². The lowest BCUT2D eigenvalue weighted by molar-refractivity contribution is -0.136. The summed E-state index contributed by atoms with van der Waals surface area (Å²) in [6, 6.07) is 26.0. The number of aliphatic carboxylic acids is 1. The van der Waals surface area contributed by atoms with E-state index in [2.05, 4.69) is 5.32 Å². The molecule has 1 heterocycles. The summed E-state index contributed by atoms with van der Waals surface area (Å²) in [7, 11) is 3.92. The van der Waals surface area contributed by atoms with E-state index in [1.165, 1.54) is 0 Å². The first-order valence-corrected chi connectivity index (χ1v) is 10.4. The molecule has 1 amide bonds. The van der Waals surface area contributed by atoms with Crippen LogP contribution in [0.3, 0.4) is 0 Å². The van der Waals surface area contributed by atoms with Crippen LogP contribution >= 0.6 is 0 Å². The molecular weight excluding hydrogens is 402 g/mol. The first kappa shape index (κ1) is 21.2. The van der Waals surface area contributed by atoms with E-state index >= 15 is 0 Å². The Morgan fingerprint density at radius 3 is 2.09 bits per heavy atom. The van der Waals surface area contributed by atoms with Crippen molar-refractivity contribution in [3.05, 3.63) is 102 Å². The van der Waals surface area contributed by atoms with Crippen LogP contribution in [-0.2, 0) is 9.59 Å². The van der Waals surface area contributed by atoms with Crippen molar-refractivity contribution in [2.75, 3.05) is 29.2 Å². The highest BCUT2D eigenvalue weighted by Crippen LogP contribution is 2.43. The second-order valence-electron chi connectivity index (χ2n) is 7.86. The molecule has 1 unspecified atom stereocenters. The number of benzene rings is 3. The van der Waals surface area contributed by atoms with Crippen molar-refractivity contribution < 1.29 is 14.7 Å². The van der Waals surface area contributed by atoms with E-state index in [1.54, 1.807) is 4.90 Å². The quantitative estimate of drug-likeness (QED) is 0.573. The van der Waals surface area contributed by atoms with Gasteiger partial charge in [0.2, 0.25) is 0 Å². The number of para-hydroxylation sites is 2. The van der Waals surface area contributed by atoms with Crippen LogP contribution in [0.4, 0.5) is 17.1 Å². The van der Waals surface area contributed by atoms with Crippen LogP contribution in [0.15, 0.2) is 96.2 Å². The van der Waals surface area contributed by atoms with Crippen LogP contribution < -0.4 is 15.1 Å². The van der Waals surface area contributed by atoms with Gasteiger partial charge in [-0.05, 0) is 47.5 Å². The average molecular weight is 428 g/mol. The second-order valence-corrected chi connectivity index (χ2v) is 7.86. The third kappa shape index (κ3) is 4.21. The topological polar surface area (TPSA) is 72.9 Å². The molecule has 4 rings (SSSR count). The van der Waals surface area contributed by atoms with Crippen LogP contribution in [0.25, 0.3) is 0 Å². The number of carboxylic acids is 1. The second kappa shape index (κ2) is 8.98. The minimum atomic E-state index is -0.981. The SMILES string of the molecule is CN(C)c1ccc(C2C(CC(=O)O)=C(Nc3ccccc3)C(=O)N2c2ccccc2)cc1. The largest absolute Gasteiger partial charge is 0.481 e. The number of carbonyl (C=O) groups is 2. The Balaban J connectivity index is 1.86. The third-order valence-corrected chi connectivity index (χ3v) is 5.49. The number of hydrogen-bond acceptors (Lipinski definition) is 4. The van der Waals surface area contributed by atoms with Gasteiger partial charge in [-0.1, -0.05) is 48.5 Å². The molecule has 1 atom stereocenters. The number of hydrogen-bond donors (Lipinski definition) is 2. The highest BCUT2D eigenvalue weighted by atomic mass is 16.4. The van der Waals surface area contributed by atoms with Gasteiger partial charge in [-0.2, -0.15) is 0 Å². The standard InChI is InChI=1S/C26H25N3O3/c1-28(2)20-15-13-18(14-16-20)25-22(17-23(30)31)24(27-19-9-5-3-6-10-19)26(32)29(25)21-11-7-4-8-12-21/h3-16,25,27H,17H2,1-2H3,(H,30,31). The lowest BCUT2D eigenvalue weighted by Gasteiger charge is -2.27. The van der Waals surface area contributed by atoms with Gasteiger partial charge in [0.1, 0.15) is 5.70 Å². The van der Waals surface area contributed by atoms with Crippen molar-refractivity contribution >= 4 is 28.9 Å². The predicted molar refractivity (Wildman–Crippen MR) is 127 cm³/mol. The van der Waals surface area contributed by atoms with Gasteiger partial charge in [0.05, 0.1) is 12.5 Å². The van der Waals surface area contributed by atoms with Crippen molar-refractivity contribution in [3.8, 4) is 0 Å². The Labute approximate surface area is 187 Å². The monoisotopic (exact) mass is 427 g/mol. The summed E-state index contributed by atoms with van der Waals surface area (Å²) in [5.74, 6) is -1.23. The van der Waals surface area contributed by atoms with E-state index in [4.69, 9.17) is 0 Å². The van der Waals surface area contributed by atoms with Gasteiger partial charge in [0.25, 0.3) is 5.91 Å². The molecular formula is C26H25N3O3. The molecule has 0 saturated carbocycles. The molecule has 162 valence electrons. The van der Waals surface area contributed by atoms with E-state index in [0.29, 0.717) is 17.0 Å². The van der Waals surface area contributed by atoms with Crippen LogP contribution in [0.5, 0.6) is 0 Å². The first-order valence-electron chi connectivity index (χ1n) is 10.4. The Bertz CT molecular complexity index is 1140. The number of rotatable bonds is 7. The summed E-state index contributed by atoms with van der Waals surface area (Å²) >= 11 is 0. The average Bonchev–Trinajstić information content (AvgIpc) is 3.06. The smallest absolute Gasteiger partial charge is 0.307 e. The summed E-state index contributed by atoms with van der Waals surface area (Å²) < 4.78 is 0. The number of anilines is 3. The first-order chi connectivity index (χ1) is 15.5. The summed E-state index contributed by atoms with van der Waals surface area (Å²) in [5.41, 5.74) is 4.17. The molecule has 3 aromatic carbocycles. The van der Waals surface area contributed by atoms with Gasteiger partial charge >= 0.3 is 5.97 Å². The fourth-order valence-corrected chi connectivity index (χ4v) is 3.98. The third-order valence-electron chi connectivity index (χ3n) is 5.49. The maximum Gasteiger partial charge on any atom is 0.307 e. The lowest BCUT2D eigenvalue weighted by atomic mass is 9.96. The zero-order valence-electron chi connectivity index (χ0n) is 18.0. The molecule has 32 heavy (non-hydrogen) atoms. The predicted octanol–water partition coefficient (Wildman–Crippen LogP) is 4.68. The van der Waals surface area contributed by atoms with Gasteiger partial charge in [-0.25, -0.2) is 0 Å². The molecule has 0 aliphatic carbocycles. The van der Waals surface area contributed by atoms with E-state index in [9.17, 15) is 14.7 Å². The molecule has 0 saturated heterocycles. The summed E-state index contributed by atoms with van der Waals surface area (Å²) in [6.45, 7) is 0. The molecule has 0 aromatic heterocycles. The molecule has 0 fully saturated rings. The van der Waals surface area contributed by atoms with Crippen molar-refractivity contribution in [1.82, 2.24) is 0 Å². The Kier molecular flexibility index (Phi) is 5.94. The number of amides is 1. The summed E-state index contributed by atoms with van der Waals surface area (Å²) in [6.07, 6.45) is -0.246. The van der Waals surface area contributed by atoms with Crippen LogP contribution in [0, 0.1) is 0 Å². The van der Waals surface area contributed by atoms with Crippen molar-refractivity contribution in [3.63, 3.8) is 0 Å². The van der Waals surface area contributed by atoms with Gasteiger partial charge in [0.15, 0.2) is 0 Å². The van der Waals surface area contributed by atoms with E-state index in [1.807, 2.05) is 104 Å².